The lowest BCUT2D eigenvalue weighted by Gasteiger charge is -2.14. The molecule has 0 aliphatic heterocycles. The van der Waals surface area contributed by atoms with Crippen molar-refractivity contribution >= 4 is 15.9 Å². The van der Waals surface area contributed by atoms with E-state index in [2.05, 4.69) is 64.6 Å². The van der Waals surface area contributed by atoms with Gasteiger partial charge in [-0.1, -0.05) is 40.2 Å². The maximum atomic E-state index is 5.45. The Morgan fingerprint density at radius 3 is 2.24 bits per heavy atom. The molecule has 2 aromatic carbocycles. The molecule has 0 radical (unpaired) electrons. The minimum Gasteiger partial charge on any atom is -0.494 e. The van der Waals surface area contributed by atoms with Crippen LogP contribution in [0.3, 0.4) is 0 Å². The first-order valence-corrected chi connectivity index (χ1v) is 8.16. The molecule has 0 fully saturated rings. The molecular weight excluding hydrogens is 326 g/mol. The minimum absolute atomic E-state index is 0.442. The van der Waals surface area contributed by atoms with Crippen LogP contribution in [0.25, 0.3) is 0 Å². The third-order valence-electron chi connectivity index (χ3n) is 3.34. The van der Waals surface area contributed by atoms with E-state index in [0.29, 0.717) is 12.6 Å². The molecule has 0 heterocycles. The Hall–Kier alpha value is -1.32. The zero-order valence-corrected chi connectivity index (χ0v) is 14.2. The van der Waals surface area contributed by atoms with Gasteiger partial charge in [0.05, 0.1) is 6.61 Å². The monoisotopic (exact) mass is 347 g/mol. The minimum atomic E-state index is 0.442. The van der Waals surface area contributed by atoms with Gasteiger partial charge in [0.1, 0.15) is 5.75 Å². The zero-order valence-electron chi connectivity index (χ0n) is 12.6. The van der Waals surface area contributed by atoms with Crippen molar-refractivity contribution < 1.29 is 4.74 Å². The zero-order chi connectivity index (χ0) is 15.1. The van der Waals surface area contributed by atoms with Crippen LogP contribution < -0.4 is 10.1 Å². The van der Waals surface area contributed by atoms with Crippen LogP contribution in [0.15, 0.2) is 53.0 Å². The fourth-order valence-corrected chi connectivity index (χ4v) is 2.47. The highest BCUT2D eigenvalue weighted by Crippen LogP contribution is 2.13. The van der Waals surface area contributed by atoms with Gasteiger partial charge in [0.15, 0.2) is 0 Å². The van der Waals surface area contributed by atoms with E-state index >= 15 is 0 Å². The molecule has 1 N–H and O–H groups in total. The third-order valence-corrected chi connectivity index (χ3v) is 3.87. The van der Waals surface area contributed by atoms with Crippen molar-refractivity contribution in [2.24, 2.45) is 0 Å². The van der Waals surface area contributed by atoms with Crippen LogP contribution in [0.2, 0.25) is 0 Å². The fourth-order valence-electron chi connectivity index (χ4n) is 2.21. The molecule has 112 valence electrons. The van der Waals surface area contributed by atoms with Gasteiger partial charge >= 0.3 is 0 Å². The smallest absolute Gasteiger partial charge is 0.119 e. The van der Waals surface area contributed by atoms with E-state index < -0.39 is 0 Å². The highest BCUT2D eigenvalue weighted by molar-refractivity contribution is 9.10. The second-order valence-electron chi connectivity index (χ2n) is 5.19. The Labute approximate surface area is 135 Å². The van der Waals surface area contributed by atoms with Crippen LogP contribution in [0.4, 0.5) is 0 Å². The summed E-state index contributed by atoms with van der Waals surface area (Å²) in [5.41, 5.74) is 2.63. The molecule has 0 aliphatic carbocycles. The maximum absolute atomic E-state index is 5.45. The molecular formula is C18H22BrNO. The highest BCUT2D eigenvalue weighted by atomic mass is 79.9. The van der Waals surface area contributed by atoms with Gasteiger partial charge in [-0.3, -0.25) is 0 Å². The molecule has 21 heavy (non-hydrogen) atoms. The van der Waals surface area contributed by atoms with Crippen molar-refractivity contribution in [2.45, 2.75) is 32.9 Å². The van der Waals surface area contributed by atoms with E-state index in [1.807, 2.05) is 19.1 Å². The average molecular weight is 348 g/mol. The summed E-state index contributed by atoms with van der Waals surface area (Å²) in [5, 5.41) is 3.56. The molecule has 1 unspecified atom stereocenters. The topological polar surface area (TPSA) is 21.3 Å². The second kappa shape index (κ2) is 8.20. The lowest BCUT2D eigenvalue weighted by molar-refractivity contribution is 0.340. The number of hydrogen-bond donors (Lipinski definition) is 1. The van der Waals surface area contributed by atoms with E-state index in [-0.39, 0.29) is 0 Å². The number of benzene rings is 2. The lowest BCUT2D eigenvalue weighted by atomic mass is 10.1. The first kappa shape index (κ1) is 16.1. The molecule has 0 aromatic heterocycles. The Bertz CT molecular complexity index is 536. The maximum Gasteiger partial charge on any atom is 0.119 e. The van der Waals surface area contributed by atoms with E-state index in [4.69, 9.17) is 4.74 Å². The molecule has 0 amide bonds. The van der Waals surface area contributed by atoms with Crippen molar-refractivity contribution in [3.63, 3.8) is 0 Å². The molecule has 0 bridgehead atoms. The molecule has 1 atom stereocenters. The molecule has 0 saturated carbocycles. The van der Waals surface area contributed by atoms with Crippen LogP contribution in [-0.4, -0.2) is 12.6 Å². The summed E-state index contributed by atoms with van der Waals surface area (Å²) in [6.45, 7) is 5.81. The van der Waals surface area contributed by atoms with Crippen LogP contribution in [-0.2, 0) is 13.0 Å². The largest absolute Gasteiger partial charge is 0.494 e. The Balaban J connectivity index is 1.80. The van der Waals surface area contributed by atoms with Crippen molar-refractivity contribution in [1.29, 1.82) is 0 Å². The molecule has 2 nitrogen and oxygen atoms in total. The predicted octanol–water partition coefficient (Wildman–Crippen LogP) is 4.57. The predicted molar refractivity (Wildman–Crippen MR) is 91.8 cm³/mol. The van der Waals surface area contributed by atoms with Gasteiger partial charge in [0, 0.05) is 17.1 Å². The summed E-state index contributed by atoms with van der Waals surface area (Å²) in [6.07, 6.45) is 1.03. The molecule has 0 aliphatic rings. The van der Waals surface area contributed by atoms with E-state index in [1.165, 1.54) is 11.1 Å². The SMILES string of the molecule is CCOc1ccc(CNC(C)Cc2ccc(Br)cc2)cc1. The molecule has 2 aromatic rings. The standard InChI is InChI=1S/C18H22BrNO/c1-3-21-18-10-6-16(7-11-18)13-20-14(2)12-15-4-8-17(19)9-5-15/h4-11,14,20H,3,12-13H2,1-2H3. The molecule has 2 rings (SSSR count). The first-order valence-electron chi connectivity index (χ1n) is 7.37. The van der Waals surface area contributed by atoms with Gasteiger partial charge < -0.3 is 10.1 Å². The number of hydrogen-bond acceptors (Lipinski definition) is 2. The quantitative estimate of drug-likeness (QED) is 0.792. The Kier molecular flexibility index (Phi) is 6.27. The lowest BCUT2D eigenvalue weighted by Crippen LogP contribution is -2.27. The van der Waals surface area contributed by atoms with Crippen molar-refractivity contribution in [2.75, 3.05) is 6.61 Å². The van der Waals surface area contributed by atoms with Gasteiger partial charge in [-0.05, 0) is 55.7 Å². The molecule has 0 saturated heterocycles. The Morgan fingerprint density at radius 2 is 1.62 bits per heavy atom. The summed E-state index contributed by atoms with van der Waals surface area (Å²) >= 11 is 3.46. The van der Waals surface area contributed by atoms with Crippen LogP contribution in [0.1, 0.15) is 25.0 Å². The first-order chi connectivity index (χ1) is 10.2. The summed E-state index contributed by atoms with van der Waals surface area (Å²) in [7, 11) is 0. The van der Waals surface area contributed by atoms with Gasteiger partial charge in [0.25, 0.3) is 0 Å². The average Bonchev–Trinajstić information content (AvgIpc) is 2.49. The molecule has 3 heteroatoms. The number of nitrogens with one attached hydrogen (secondary N) is 1. The number of ether oxygens (including phenoxy) is 1. The third kappa shape index (κ3) is 5.52. The summed E-state index contributed by atoms with van der Waals surface area (Å²) in [5.74, 6) is 0.934. The van der Waals surface area contributed by atoms with Crippen molar-refractivity contribution in [3.8, 4) is 5.75 Å². The summed E-state index contributed by atoms with van der Waals surface area (Å²) in [6, 6.07) is 17.2. The Morgan fingerprint density at radius 1 is 1.00 bits per heavy atom. The normalized spacial score (nSPS) is 12.1. The van der Waals surface area contributed by atoms with Gasteiger partial charge in [0.2, 0.25) is 0 Å². The fraction of sp³-hybridized carbons (Fsp3) is 0.333. The van der Waals surface area contributed by atoms with Crippen LogP contribution in [0.5, 0.6) is 5.75 Å². The van der Waals surface area contributed by atoms with Crippen LogP contribution in [0, 0.1) is 0 Å². The summed E-state index contributed by atoms with van der Waals surface area (Å²) in [4.78, 5) is 0. The van der Waals surface area contributed by atoms with Crippen molar-refractivity contribution in [3.05, 3.63) is 64.1 Å². The number of halogens is 1. The van der Waals surface area contributed by atoms with E-state index in [9.17, 15) is 0 Å². The van der Waals surface area contributed by atoms with Crippen LogP contribution >= 0.6 is 15.9 Å². The summed E-state index contributed by atoms with van der Waals surface area (Å²) < 4.78 is 6.58. The number of rotatable bonds is 7. The van der Waals surface area contributed by atoms with Gasteiger partial charge in [-0.2, -0.15) is 0 Å². The van der Waals surface area contributed by atoms with Gasteiger partial charge in [-0.15, -0.1) is 0 Å². The second-order valence-corrected chi connectivity index (χ2v) is 6.11. The van der Waals surface area contributed by atoms with Crippen molar-refractivity contribution in [1.82, 2.24) is 5.32 Å². The molecule has 0 spiro atoms. The highest BCUT2D eigenvalue weighted by Gasteiger charge is 2.03. The van der Waals surface area contributed by atoms with Gasteiger partial charge in [-0.25, -0.2) is 0 Å². The van der Waals surface area contributed by atoms with E-state index in [1.54, 1.807) is 0 Å². The van der Waals surface area contributed by atoms with E-state index in [0.717, 1.165) is 23.2 Å².